The Bertz CT molecular complexity index is 1450. The Balaban J connectivity index is 1.48. The second-order valence-corrected chi connectivity index (χ2v) is 9.93. The number of amidine groups is 2. The van der Waals surface area contributed by atoms with Gasteiger partial charge in [0.05, 0.1) is 12.1 Å². The minimum atomic E-state index is -0.409. The van der Waals surface area contributed by atoms with Gasteiger partial charge in [0.15, 0.2) is 5.84 Å². The molecule has 3 heterocycles. The molecule has 0 saturated heterocycles. The van der Waals surface area contributed by atoms with Crippen molar-refractivity contribution in [1.29, 1.82) is 5.41 Å². The van der Waals surface area contributed by atoms with Crippen molar-refractivity contribution in [2.75, 3.05) is 6.61 Å². The molecule has 1 N–H and O–H groups in total. The fourth-order valence-corrected chi connectivity index (χ4v) is 5.16. The summed E-state index contributed by atoms with van der Waals surface area (Å²) < 4.78 is 8.20. The van der Waals surface area contributed by atoms with Gasteiger partial charge in [-0.2, -0.15) is 15.1 Å². The van der Waals surface area contributed by atoms with Crippen molar-refractivity contribution >= 4 is 50.7 Å². The van der Waals surface area contributed by atoms with Crippen molar-refractivity contribution in [3.63, 3.8) is 0 Å². The first-order valence-corrected chi connectivity index (χ1v) is 12.4. The average Bonchev–Trinajstić information content (AvgIpc) is 3.37. The Morgan fingerprint density at radius 2 is 1.94 bits per heavy atom. The lowest BCUT2D eigenvalue weighted by atomic mass is 10.1. The highest BCUT2D eigenvalue weighted by molar-refractivity contribution is 8.27. The molecule has 3 aromatic rings. The number of hydrogen-bond donors (Lipinski definition) is 1. The number of rotatable bonds is 6. The van der Waals surface area contributed by atoms with Crippen molar-refractivity contribution in [3.05, 3.63) is 70.9 Å². The SMILES string of the molecule is Cc1cccc(OCCn2c(C)c(/C=C3/C(=N)N4N=C(C(C)C)SC4=NC3=O)c3ccccc32)c1. The van der Waals surface area contributed by atoms with Crippen LogP contribution in [-0.2, 0) is 11.3 Å². The molecular formula is C27H27N5O2S. The summed E-state index contributed by atoms with van der Waals surface area (Å²) >= 11 is 1.36. The minimum absolute atomic E-state index is 0.0576. The number of nitrogens with zero attached hydrogens (tertiary/aromatic N) is 4. The zero-order valence-corrected chi connectivity index (χ0v) is 21.0. The van der Waals surface area contributed by atoms with Gasteiger partial charge in [0.25, 0.3) is 5.91 Å². The van der Waals surface area contributed by atoms with E-state index in [0.29, 0.717) is 18.3 Å². The zero-order chi connectivity index (χ0) is 24.7. The lowest BCUT2D eigenvalue weighted by Gasteiger charge is -2.20. The number of thioether (sulfide) groups is 1. The summed E-state index contributed by atoms with van der Waals surface area (Å²) in [6.45, 7) is 9.32. The Morgan fingerprint density at radius 3 is 2.71 bits per heavy atom. The van der Waals surface area contributed by atoms with Gasteiger partial charge in [-0.3, -0.25) is 10.2 Å². The van der Waals surface area contributed by atoms with E-state index in [0.717, 1.165) is 38.5 Å². The fourth-order valence-electron chi connectivity index (χ4n) is 4.27. The largest absolute Gasteiger partial charge is 0.492 e. The number of para-hydroxylation sites is 1. The van der Waals surface area contributed by atoms with Crippen LogP contribution in [0.2, 0.25) is 0 Å². The Hall–Kier alpha value is -3.65. The summed E-state index contributed by atoms with van der Waals surface area (Å²) in [7, 11) is 0. The molecule has 35 heavy (non-hydrogen) atoms. The van der Waals surface area contributed by atoms with Crippen LogP contribution in [0, 0.1) is 25.2 Å². The van der Waals surface area contributed by atoms with Crippen molar-refractivity contribution in [2.24, 2.45) is 16.0 Å². The molecule has 0 fully saturated rings. The first-order valence-electron chi connectivity index (χ1n) is 11.6. The van der Waals surface area contributed by atoms with Gasteiger partial charge in [-0.1, -0.05) is 44.2 Å². The normalized spacial score (nSPS) is 16.8. The molecule has 0 spiro atoms. The average molecular weight is 486 g/mol. The van der Waals surface area contributed by atoms with Gasteiger partial charge in [0, 0.05) is 28.1 Å². The monoisotopic (exact) mass is 485 g/mol. The smallest absolute Gasteiger partial charge is 0.283 e. The number of aliphatic imine (C=N–C) groups is 1. The predicted molar refractivity (Wildman–Crippen MR) is 143 cm³/mol. The summed E-state index contributed by atoms with van der Waals surface area (Å²) in [5.74, 6) is 0.696. The summed E-state index contributed by atoms with van der Waals surface area (Å²) in [6, 6.07) is 16.1. The number of aromatic nitrogens is 1. The zero-order valence-electron chi connectivity index (χ0n) is 20.2. The molecule has 0 radical (unpaired) electrons. The van der Waals surface area contributed by atoms with Gasteiger partial charge in [-0.25, -0.2) is 0 Å². The van der Waals surface area contributed by atoms with E-state index in [1.807, 2.05) is 70.2 Å². The summed E-state index contributed by atoms with van der Waals surface area (Å²) in [6.07, 6.45) is 1.79. The van der Waals surface area contributed by atoms with Crippen molar-refractivity contribution < 1.29 is 9.53 Å². The maximum atomic E-state index is 12.9. The number of hydrazone groups is 1. The quantitative estimate of drug-likeness (QED) is 0.460. The Labute approximate surface area is 208 Å². The van der Waals surface area contributed by atoms with Gasteiger partial charge >= 0.3 is 0 Å². The van der Waals surface area contributed by atoms with Gasteiger partial charge in [-0.05, 0) is 55.4 Å². The Morgan fingerprint density at radius 1 is 1.14 bits per heavy atom. The van der Waals surface area contributed by atoms with Crippen LogP contribution in [0.3, 0.4) is 0 Å². The number of amides is 1. The molecule has 5 rings (SSSR count). The standard InChI is InChI=1S/C27H27N5O2S/c1-16(2)26-30-32-24(28)22(25(33)29-27(32)35-26)15-21-18(4)31(23-11-6-5-10-20(21)23)12-13-34-19-9-7-8-17(3)14-19/h5-11,14-16,28H,12-13H2,1-4H3/b22-15-,28-24?. The van der Waals surface area contributed by atoms with Crippen molar-refractivity contribution in [1.82, 2.24) is 9.58 Å². The van der Waals surface area contributed by atoms with E-state index in [-0.39, 0.29) is 17.3 Å². The van der Waals surface area contributed by atoms with E-state index in [1.54, 1.807) is 6.08 Å². The molecule has 178 valence electrons. The Kier molecular flexibility index (Phi) is 6.06. The predicted octanol–water partition coefficient (Wildman–Crippen LogP) is 5.61. The van der Waals surface area contributed by atoms with E-state index in [4.69, 9.17) is 10.1 Å². The third-order valence-corrected chi connectivity index (χ3v) is 7.31. The van der Waals surface area contributed by atoms with Crippen LogP contribution >= 0.6 is 11.8 Å². The van der Waals surface area contributed by atoms with E-state index in [9.17, 15) is 4.79 Å². The lowest BCUT2D eigenvalue weighted by Crippen LogP contribution is -2.35. The number of ether oxygens (including phenoxy) is 1. The van der Waals surface area contributed by atoms with Crippen LogP contribution in [0.5, 0.6) is 5.75 Å². The number of fused-ring (bicyclic) bond motifs is 2. The summed E-state index contributed by atoms with van der Waals surface area (Å²) in [4.78, 5) is 17.2. The highest BCUT2D eigenvalue weighted by atomic mass is 32.2. The number of hydrogen-bond acceptors (Lipinski definition) is 5. The molecule has 8 heteroatoms. The third-order valence-electron chi connectivity index (χ3n) is 6.11. The number of aryl methyl sites for hydroxylation is 1. The summed E-state index contributed by atoms with van der Waals surface area (Å²) in [5.41, 5.74) is 4.36. The fraction of sp³-hybridized carbons (Fsp3) is 0.259. The molecule has 2 aromatic carbocycles. The van der Waals surface area contributed by atoms with E-state index < -0.39 is 5.91 Å². The second kappa shape index (κ2) is 9.19. The molecule has 1 aromatic heterocycles. The van der Waals surface area contributed by atoms with E-state index in [1.165, 1.54) is 16.8 Å². The first kappa shape index (κ1) is 23.1. The number of carbonyl (C=O) groups is 1. The molecule has 0 atom stereocenters. The number of benzene rings is 2. The topological polar surface area (TPSA) is 83.0 Å². The molecule has 1 amide bonds. The van der Waals surface area contributed by atoms with Gasteiger partial charge in [-0.15, -0.1) is 0 Å². The van der Waals surface area contributed by atoms with Gasteiger partial charge in [0.1, 0.15) is 17.4 Å². The molecule has 2 aliphatic rings. The van der Waals surface area contributed by atoms with Crippen LogP contribution in [0.15, 0.2) is 64.2 Å². The van der Waals surface area contributed by atoms with Crippen molar-refractivity contribution in [3.8, 4) is 5.75 Å². The van der Waals surface area contributed by atoms with Crippen LogP contribution in [0.25, 0.3) is 17.0 Å². The molecular weight excluding hydrogens is 458 g/mol. The highest BCUT2D eigenvalue weighted by Crippen LogP contribution is 2.33. The maximum absolute atomic E-state index is 12.9. The van der Waals surface area contributed by atoms with Crippen LogP contribution < -0.4 is 4.74 Å². The molecule has 0 unspecified atom stereocenters. The van der Waals surface area contributed by atoms with E-state index in [2.05, 4.69) is 20.7 Å². The van der Waals surface area contributed by atoms with Crippen LogP contribution in [-0.4, -0.2) is 38.1 Å². The maximum Gasteiger partial charge on any atom is 0.283 e. The number of carbonyl (C=O) groups excluding carboxylic acids is 1. The third kappa shape index (κ3) is 4.30. The second-order valence-electron chi connectivity index (χ2n) is 8.95. The summed E-state index contributed by atoms with van der Waals surface area (Å²) in [5, 5.41) is 17.0. The first-order chi connectivity index (χ1) is 16.8. The molecule has 0 bridgehead atoms. The van der Waals surface area contributed by atoms with Crippen molar-refractivity contribution in [2.45, 2.75) is 34.2 Å². The molecule has 2 aliphatic heterocycles. The van der Waals surface area contributed by atoms with Crippen LogP contribution in [0.4, 0.5) is 0 Å². The minimum Gasteiger partial charge on any atom is -0.492 e. The molecule has 0 saturated carbocycles. The molecule has 0 aliphatic carbocycles. The lowest BCUT2D eigenvalue weighted by molar-refractivity contribution is -0.114. The van der Waals surface area contributed by atoms with Gasteiger partial charge in [0.2, 0.25) is 5.17 Å². The van der Waals surface area contributed by atoms with Gasteiger partial charge < -0.3 is 9.30 Å². The van der Waals surface area contributed by atoms with Crippen LogP contribution in [0.1, 0.15) is 30.7 Å². The van der Waals surface area contributed by atoms with E-state index >= 15 is 0 Å². The number of nitrogens with one attached hydrogen (secondary N) is 1. The molecule has 7 nitrogen and oxygen atoms in total. The highest BCUT2D eigenvalue weighted by Gasteiger charge is 2.36.